The summed E-state index contributed by atoms with van der Waals surface area (Å²) in [7, 11) is 0. The Morgan fingerprint density at radius 2 is 2.05 bits per heavy atom. The molecule has 110 valence electrons. The third kappa shape index (κ3) is 3.69. The van der Waals surface area contributed by atoms with Gasteiger partial charge in [-0.15, -0.1) is 0 Å². The number of aliphatic hydroxyl groups is 1. The SMILES string of the molecule is CCNC1CCCN(CC2(O)CCC(C)CC2)C1=O. The third-order valence-electron chi connectivity index (χ3n) is 4.67. The fraction of sp³-hybridized carbons (Fsp3) is 0.933. The van der Waals surface area contributed by atoms with Crippen molar-refractivity contribution in [3.8, 4) is 0 Å². The Balaban J connectivity index is 1.92. The second kappa shape index (κ2) is 6.23. The number of β-amino-alcohol motifs (C(OH)–C–C–N with tert-alkyl or cyclic N) is 1. The summed E-state index contributed by atoms with van der Waals surface area (Å²) in [5, 5.41) is 13.9. The Kier molecular flexibility index (Phi) is 4.85. The van der Waals surface area contributed by atoms with Crippen LogP contribution in [0.15, 0.2) is 0 Å². The van der Waals surface area contributed by atoms with Gasteiger partial charge in [0.15, 0.2) is 0 Å². The van der Waals surface area contributed by atoms with Gasteiger partial charge in [0.2, 0.25) is 5.91 Å². The van der Waals surface area contributed by atoms with Crippen LogP contribution >= 0.6 is 0 Å². The topological polar surface area (TPSA) is 52.6 Å². The standard InChI is InChI=1S/C15H28N2O2/c1-3-16-13-5-4-10-17(14(13)18)11-15(19)8-6-12(2)7-9-15/h12-13,16,19H,3-11H2,1-2H3. The maximum Gasteiger partial charge on any atom is 0.239 e. The van der Waals surface area contributed by atoms with Crippen LogP contribution < -0.4 is 5.32 Å². The monoisotopic (exact) mass is 268 g/mol. The molecule has 1 amide bonds. The molecule has 2 aliphatic rings. The van der Waals surface area contributed by atoms with Crippen molar-refractivity contribution in [2.24, 2.45) is 5.92 Å². The van der Waals surface area contributed by atoms with Crippen LogP contribution in [0.25, 0.3) is 0 Å². The molecule has 0 bridgehead atoms. The maximum atomic E-state index is 12.3. The van der Waals surface area contributed by atoms with E-state index in [0.29, 0.717) is 12.5 Å². The number of hydrogen-bond acceptors (Lipinski definition) is 3. The van der Waals surface area contributed by atoms with Gasteiger partial charge < -0.3 is 15.3 Å². The minimum Gasteiger partial charge on any atom is -0.388 e. The molecule has 4 heteroatoms. The van der Waals surface area contributed by atoms with E-state index < -0.39 is 5.60 Å². The highest BCUT2D eigenvalue weighted by molar-refractivity contribution is 5.82. The molecule has 0 spiro atoms. The zero-order chi connectivity index (χ0) is 13.9. The van der Waals surface area contributed by atoms with E-state index in [0.717, 1.165) is 51.6 Å². The summed E-state index contributed by atoms with van der Waals surface area (Å²) in [5.74, 6) is 0.895. The van der Waals surface area contributed by atoms with Gasteiger partial charge in [0.1, 0.15) is 0 Å². The van der Waals surface area contributed by atoms with Crippen LogP contribution in [0.4, 0.5) is 0 Å². The summed E-state index contributed by atoms with van der Waals surface area (Å²) in [5.41, 5.74) is -0.643. The average molecular weight is 268 g/mol. The minimum atomic E-state index is -0.643. The van der Waals surface area contributed by atoms with Gasteiger partial charge in [-0.2, -0.15) is 0 Å². The molecule has 0 radical (unpaired) electrons. The van der Waals surface area contributed by atoms with E-state index in [-0.39, 0.29) is 11.9 Å². The van der Waals surface area contributed by atoms with E-state index >= 15 is 0 Å². The minimum absolute atomic E-state index is 0.0372. The molecule has 0 aromatic rings. The van der Waals surface area contributed by atoms with Crippen LogP contribution in [0, 0.1) is 5.92 Å². The van der Waals surface area contributed by atoms with Crippen molar-refractivity contribution in [2.75, 3.05) is 19.6 Å². The van der Waals surface area contributed by atoms with Crippen molar-refractivity contribution in [2.45, 2.75) is 64.0 Å². The van der Waals surface area contributed by atoms with E-state index in [1.54, 1.807) is 0 Å². The highest BCUT2D eigenvalue weighted by Crippen LogP contribution is 2.33. The molecule has 1 aliphatic carbocycles. The molecule has 1 atom stereocenters. The van der Waals surface area contributed by atoms with Crippen LogP contribution in [-0.2, 0) is 4.79 Å². The predicted octanol–water partition coefficient (Wildman–Crippen LogP) is 1.53. The first-order valence-corrected chi connectivity index (χ1v) is 7.78. The molecule has 1 saturated carbocycles. The summed E-state index contributed by atoms with van der Waals surface area (Å²) in [4.78, 5) is 14.2. The van der Waals surface area contributed by atoms with Crippen LogP contribution in [-0.4, -0.2) is 47.2 Å². The van der Waals surface area contributed by atoms with Gasteiger partial charge in [-0.05, 0) is 51.0 Å². The van der Waals surface area contributed by atoms with Gasteiger partial charge in [-0.25, -0.2) is 0 Å². The Bertz CT molecular complexity index is 309. The van der Waals surface area contributed by atoms with Gasteiger partial charge in [-0.3, -0.25) is 4.79 Å². The molecule has 1 saturated heterocycles. The number of likely N-dealkylation sites (tertiary alicyclic amines) is 1. The number of carbonyl (C=O) groups excluding carboxylic acids is 1. The van der Waals surface area contributed by atoms with Gasteiger partial charge in [-0.1, -0.05) is 13.8 Å². The third-order valence-corrected chi connectivity index (χ3v) is 4.67. The van der Waals surface area contributed by atoms with Crippen molar-refractivity contribution in [3.63, 3.8) is 0 Å². The van der Waals surface area contributed by atoms with Gasteiger partial charge in [0.05, 0.1) is 11.6 Å². The molecule has 2 rings (SSSR count). The lowest BCUT2D eigenvalue weighted by Gasteiger charge is -2.41. The fourth-order valence-electron chi connectivity index (χ4n) is 3.35. The van der Waals surface area contributed by atoms with Crippen LogP contribution in [0.2, 0.25) is 0 Å². The number of likely N-dealkylation sites (N-methyl/N-ethyl adjacent to an activating group) is 1. The number of amides is 1. The Labute approximate surface area is 116 Å². The molecule has 19 heavy (non-hydrogen) atoms. The lowest BCUT2D eigenvalue weighted by atomic mass is 9.79. The lowest BCUT2D eigenvalue weighted by Crippen LogP contribution is -2.55. The zero-order valence-electron chi connectivity index (χ0n) is 12.3. The molecule has 0 aromatic heterocycles. The quantitative estimate of drug-likeness (QED) is 0.813. The molecule has 1 unspecified atom stereocenters. The van der Waals surface area contributed by atoms with Crippen LogP contribution in [0.3, 0.4) is 0 Å². The summed E-state index contributed by atoms with van der Waals surface area (Å²) in [6, 6.07) is -0.0372. The van der Waals surface area contributed by atoms with E-state index in [2.05, 4.69) is 12.2 Å². The van der Waals surface area contributed by atoms with Crippen LogP contribution in [0.5, 0.6) is 0 Å². The van der Waals surface area contributed by atoms with Gasteiger partial charge in [0, 0.05) is 13.1 Å². The summed E-state index contributed by atoms with van der Waals surface area (Å²) in [6.45, 7) is 6.43. The summed E-state index contributed by atoms with van der Waals surface area (Å²) >= 11 is 0. The number of carbonyl (C=O) groups is 1. The molecule has 4 nitrogen and oxygen atoms in total. The number of piperidine rings is 1. The van der Waals surface area contributed by atoms with Crippen molar-refractivity contribution in [3.05, 3.63) is 0 Å². The summed E-state index contributed by atoms with van der Waals surface area (Å²) < 4.78 is 0. The number of hydrogen-bond donors (Lipinski definition) is 2. The van der Waals surface area contributed by atoms with Gasteiger partial charge >= 0.3 is 0 Å². The first-order valence-electron chi connectivity index (χ1n) is 7.78. The van der Waals surface area contributed by atoms with E-state index in [4.69, 9.17) is 0 Å². The molecule has 1 aliphatic heterocycles. The second-order valence-corrected chi connectivity index (χ2v) is 6.42. The first kappa shape index (κ1) is 14.8. The van der Waals surface area contributed by atoms with Crippen molar-refractivity contribution < 1.29 is 9.90 Å². The number of nitrogens with zero attached hydrogens (tertiary/aromatic N) is 1. The van der Waals surface area contributed by atoms with Crippen molar-refractivity contribution in [1.82, 2.24) is 10.2 Å². The van der Waals surface area contributed by atoms with E-state index in [1.807, 2.05) is 11.8 Å². The predicted molar refractivity (Wildman–Crippen MR) is 75.9 cm³/mol. The molecule has 0 aromatic carbocycles. The van der Waals surface area contributed by atoms with Gasteiger partial charge in [0.25, 0.3) is 0 Å². The average Bonchev–Trinajstić information content (AvgIpc) is 2.39. The number of nitrogens with one attached hydrogen (secondary N) is 1. The smallest absolute Gasteiger partial charge is 0.239 e. The zero-order valence-corrected chi connectivity index (χ0v) is 12.3. The highest BCUT2D eigenvalue weighted by Gasteiger charge is 2.37. The molecular formula is C15H28N2O2. The Morgan fingerprint density at radius 1 is 1.37 bits per heavy atom. The number of rotatable bonds is 4. The normalized spacial score (nSPS) is 36.6. The summed E-state index contributed by atoms with van der Waals surface area (Å²) in [6.07, 6.45) is 5.80. The van der Waals surface area contributed by atoms with E-state index in [9.17, 15) is 9.90 Å². The maximum absolute atomic E-state index is 12.3. The van der Waals surface area contributed by atoms with E-state index in [1.165, 1.54) is 0 Å². The Morgan fingerprint density at radius 3 is 2.68 bits per heavy atom. The highest BCUT2D eigenvalue weighted by atomic mass is 16.3. The van der Waals surface area contributed by atoms with Crippen molar-refractivity contribution >= 4 is 5.91 Å². The fourth-order valence-corrected chi connectivity index (χ4v) is 3.35. The second-order valence-electron chi connectivity index (χ2n) is 6.42. The Hall–Kier alpha value is -0.610. The largest absolute Gasteiger partial charge is 0.388 e. The lowest BCUT2D eigenvalue weighted by molar-refractivity contribution is -0.141. The molecule has 1 heterocycles. The molecule has 2 fully saturated rings. The van der Waals surface area contributed by atoms with Crippen LogP contribution in [0.1, 0.15) is 52.4 Å². The first-order chi connectivity index (χ1) is 9.04. The van der Waals surface area contributed by atoms with Crippen molar-refractivity contribution in [1.29, 1.82) is 0 Å². The molecular weight excluding hydrogens is 240 g/mol. The molecule has 2 N–H and O–H groups in total.